The molecule has 2 N–H and O–H groups in total. The van der Waals surface area contributed by atoms with Crippen molar-refractivity contribution in [2.24, 2.45) is 5.73 Å². The second-order valence-electron chi connectivity index (χ2n) is 12.6. The fraction of sp³-hybridized carbons (Fsp3) is 0.294. The number of benzene rings is 3. The fourth-order valence-electron chi connectivity index (χ4n) is 6.60. The van der Waals surface area contributed by atoms with Crippen LogP contribution in [-0.4, -0.2) is 45.3 Å². The van der Waals surface area contributed by atoms with Crippen LogP contribution in [0.2, 0.25) is 5.02 Å². The van der Waals surface area contributed by atoms with Gasteiger partial charge in [0.2, 0.25) is 11.7 Å². The van der Waals surface area contributed by atoms with Crippen LogP contribution in [0.15, 0.2) is 54.7 Å². The number of aromatic nitrogens is 2. The normalized spacial score (nSPS) is 19.5. The predicted molar refractivity (Wildman–Crippen MR) is 166 cm³/mol. The van der Waals surface area contributed by atoms with E-state index in [1.807, 2.05) is 30.3 Å². The highest BCUT2D eigenvalue weighted by Gasteiger charge is 2.54. The lowest BCUT2D eigenvalue weighted by atomic mass is 9.79. The molecule has 0 aliphatic carbocycles. The van der Waals surface area contributed by atoms with Crippen molar-refractivity contribution < 1.29 is 37.3 Å². The van der Waals surface area contributed by atoms with Crippen LogP contribution in [0.5, 0.6) is 28.9 Å². The summed E-state index contributed by atoms with van der Waals surface area (Å²) in [6.45, 7) is 5.76. The number of amides is 2. The number of primary amides is 1. The molecule has 242 valence electrons. The number of carbonyl (C=O) groups is 2. The Bertz CT molecular complexity index is 1950. The summed E-state index contributed by atoms with van der Waals surface area (Å²) in [5, 5.41) is 7.12. The van der Waals surface area contributed by atoms with Gasteiger partial charge in [-0.1, -0.05) is 41.9 Å². The molecule has 2 amide bonds. The summed E-state index contributed by atoms with van der Waals surface area (Å²) in [4.78, 5) is 28.0. The number of nitrogens with zero attached hydrogens (tertiary/aromatic N) is 3. The van der Waals surface area contributed by atoms with Crippen LogP contribution < -0.4 is 19.9 Å². The van der Waals surface area contributed by atoms with Gasteiger partial charge in [0.25, 0.3) is 5.88 Å². The molecule has 0 unspecified atom stereocenters. The first kappa shape index (κ1) is 30.7. The van der Waals surface area contributed by atoms with E-state index in [1.165, 1.54) is 18.3 Å². The van der Waals surface area contributed by atoms with Gasteiger partial charge >= 0.3 is 6.09 Å². The maximum absolute atomic E-state index is 16.7. The van der Waals surface area contributed by atoms with Crippen LogP contribution in [0.25, 0.3) is 11.1 Å². The summed E-state index contributed by atoms with van der Waals surface area (Å²) in [6, 6.07) is 12.4. The molecule has 4 aromatic rings. The number of hydrogen-bond acceptors (Lipinski definition) is 8. The zero-order chi connectivity index (χ0) is 33.2. The number of fused-ring (bicyclic) bond motifs is 3. The Morgan fingerprint density at radius 3 is 2.55 bits per heavy atom. The highest BCUT2D eigenvalue weighted by molar-refractivity contribution is 6.34. The lowest BCUT2D eigenvalue weighted by molar-refractivity contribution is -0.0216. The Hall–Kier alpha value is -4.97. The molecule has 7 rings (SSSR count). The SMILES string of the molecule is CC(C)(C)OC(=O)N1CCC[C@H]1[C@@]1(c2ccccc2)Cc2c(cc(F)c(Cl)c2-c2c(C(N)=O)cc3c(c2F)Oc2ccnnc2O3)O1. The summed E-state index contributed by atoms with van der Waals surface area (Å²) in [6.07, 6.45) is 2.06. The van der Waals surface area contributed by atoms with Gasteiger partial charge in [-0.15, -0.1) is 5.10 Å². The lowest BCUT2D eigenvalue weighted by Gasteiger charge is -2.40. The largest absolute Gasteiger partial charge is 0.480 e. The van der Waals surface area contributed by atoms with Gasteiger partial charge in [0.1, 0.15) is 17.2 Å². The van der Waals surface area contributed by atoms with Crippen LogP contribution in [-0.2, 0) is 16.8 Å². The number of rotatable bonds is 4. The zero-order valence-electron chi connectivity index (χ0n) is 25.6. The second kappa shape index (κ2) is 11.1. The molecule has 3 aliphatic heterocycles. The molecule has 10 nitrogen and oxygen atoms in total. The Morgan fingerprint density at radius 2 is 1.83 bits per heavy atom. The molecule has 3 aliphatic rings. The fourth-order valence-corrected chi connectivity index (χ4v) is 6.86. The van der Waals surface area contributed by atoms with E-state index in [1.54, 1.807) is 25.7 Å². The molecule has 4 heterocycles. The van der Waals surface area contributed by atoms with Crippen LogP contribution >= 0.6 is 11.6 Å². The molecule has 1 saturated heterocycles. The minimum atomic E-state index is -1.25. The third-order valence-corrected chi connectivity index (χ3v) is 8.84. The minimum Gasteiger partial charge on any atom is -0.480 e. The molecule has 13 heteroatoms. The van der Waals surface area contributed by atoms with Crippen molar-refractivity contribution in [2.75, 3.05) is 6.54 Å². The molecule has 1 aromatic heterocycles. The van der Waals surface area contributed by atoms with Crippen molar-refractivity contribution in [3.05, 3.63) is 88.1 Å². The Labute approximate surface area is 273 Å². The molecule has 0 bridgehead atoms. The predicted octanol–water partition coefficient (Wildman–Crippen LogP) is 7.30. The van der Waals surface area contributed by atoms with E-state index < -0.39 is 45.9 Å². The van der Waals surface area contributed by atoms with Crippen molar-refractivity contribution in [3.63, 3.8) is 0 Å². The quantitative estimate of drug-likeness (QED) is 0.212. The first-order valence-electron chi connectivity index (χ1n) is 15.0. The van der Waals surface area contributed by atoms with Gasteiger partial charge in [0, 0.05) is 41.8 Å². The first-order chi connectivity index (χ1) is 22.4. The number of nitrogens with two attached hydrogens (primary N) is 1. The molecule has 3 aromatic carbocycles. The standard InChI is InChI=1S/C34H29ClF2N4O6/c1-33(2,3)47-32(43)41-13-7-10-24(41)34(17-8-5-4-6-9-17)16-19-22(46-34)15-20(36)27(35)25(19)26-18(30(38)42)14-23-29(28(26)37)44-21-11-12-39-40-31(21)45-23/h4-6,8-9,11-12,14-15,24H,7,10,13,16H2,1-3H3,(H2,38,42)/t24-,34-/m0/s1. The third-order valence-electron chi connectivity index (χ3n) is 8.47. The van der Waals surface area contributed by atoms with E-state index in [9.17, 15) is 9.59 Å². The first-order valence-corrected chi connectivity index (χ1v) is 15.3. The Kier molecular flexibility index (Phi) is 7.23. The molecule has 0 spiro atoms. The topological polar surface area (TPSA) is 126 Å². The number of carbonyl (C=O) groups excluding carboxylic acids is 2. The number of likely N-dealkylation sites (tertiary alicyclic amines) is 1. The van der Waals surface area contributed by atoms with Crippen molar-refractivity contribution in [3.8, 4) is 40.0 Å². The summed E-state index contributed by atoms with van der Waals surface area (Å²) >= 11 is 6.65. The number of halogens is 3. The highest BCUT2D eigenvalue weighted by atomic mass is 35.5. The maximum atomic E-state index is 16.7. The minimum absolute atomic E-state index is 0.0378. The average Bonchev–Trinajstić information content (AvgIpc) is 3.67. The van der Waals surface area contributed by atoms with E-state index in [0.29, 0.717) is 30.5 Å². The van der Waals surface area contributed by atoms with E-state index in [4.69, 9.17) is 36.3 Å². The smallest absolute Gasteiger partial charge is 0.410 e. The van der Waals surface area contributed by atoms with Gasteiger partial charge in [-0.05, 0) is 45.2 Å². The van der Waals surface area contributed by atoms with Crippen LogP contribution in [0.3, 0.4) is 0 Å². The van der Waals surface area contributed by atoms with E-state index in [0.717, 1.165) is 6.07 Å². The summed E-state index contributed by atoms with van der Waals surface area (Å²) in [5.74, 6) is -3.43. The van der Waals surface area contributed by atoms with Gasteiger partial charge in [-0.25, -0.2) is 13.6 Å². The molecule has 0 radical (unpaired) electrons. The molecule has 47 heavy (non-hydrogen) atoms. The Balaban J connectivity index is 1.41. The second-order valence-corrected chi connectivity index (χ2v) is 13.0. The van der Waals surface area contributed by atoms with Gasteiger partial charge in [0.15, 0.2) is 22.9 Å². The molecular weight excluding hydrogens is 634 g/mol. The molecular formula is C34H29ClF2N4O6. The number of ether oxygens (including phenoxy) is 4. The average molecular weight is 663 g/mol. The van der Waals surface area contributed by atoms with Crippen LogP contribution in [0, 0.1) is 11.6 Å². The molecule has 1 fully saturated rings. The van der Waals surface area contributed by atoms with Gasteiger partial charge in [-0.3, -0.25) is 4.79 Å². The zero-order valence-corrected chi connectivity index (χ0v) is 26.4. The van der Waals surface area contributed by atoms with Crippen LogP contribution in [0.1, 0.15) is 55.1 Å². The van der Waals surface area contributed by atoms with Gasteiger partial charge in [0.05, 0.1) is 22.8 Å². The van der Waals surface area contributed by atoms with Gasteiger partial charge in [-0.2, -0.15) is 5.10 Å². The van der Waals surface area contributed by atoms with E-state index in [-0.39, 0.29) is 52.0 Å². The summed E-state index contributed by atoms with van der Waals surface area (Å²) in [5.41, 5.74) is 3.95. The van der Waals surface area contributed by atoms with Crippen molar-refractivity contribution in [1.82, 2.24) is 15.1 Å². The number of hydrogen-bond donors (Lipinski definition) is 1. The Morgan fingerprint density at radius 1 is 1.06 bits per heavy atom. The lowest BCUT2D eigenvalue weighted by Crippen LogP contribution is -2.53. The summed E-state index contributed by atoms with van der Waals surface area (Å²) < 4.78 is 56.4. The van der Waals surface area contributed by atoms with E-state index >= 15 is 8.78 Å². The van der Waals surface area contributed by atoms with Crippen LogP contribution in [0.4, 0.5) is 13.6 Å². The maximum Gasteiger partial charge on any atom is 0.410 e. The molecule has 0 saturated carbocycles. The van der Waals surface area contributed by atoms with Crippen molar-refractivity contribution in [1.29, 1.82) is 0 Å². The van der Waals surface area contributed by atoms with Crippen molar-refractivity contribution in [2.45, 2.75) is 57.3 Å². The highest BCUT2D eigenvalue weighted by Crippen LogP contribution is 2.55. The molecule has 2 atom stereocenters. The third kappa shape index (κ3) is 5.07. The van der Waals surface area contributed by atoms with Gasteiger partial charge < -0.3 is 29.6 Å². The van der Waals surface area contributed by atoms with E-state index in [2.05, 4.69) is 10.2 Å². The van der Waals surface area contributed by atoms with Crippen molar-refractivity contribution >= 4 is 23.6 Å². The monoisotopic (exact) mass is 662 g/mol. The summed E-state index contributed by atoms with van der Waals surface area (Å²) in [7, 11) is 0.